The first-order valence-corrected chi connectivity index (χ1v) is 8.77. The number of nitrogens with zero attached hydrogens (tertiary/aromatic N) is 1. The van der Waals surface area contributed by atoms with Crippen LogP contribution in [0.4, 0.5) is 4.79 Å². The van der Waals surface area contributed by atoms with Crippen molar-refractivity contribution in [1.29, 1.82) is 5.26 Å². The van der Waals surface area contributed by atoms with Gasteiger partial charge in [-0.25, -0.2) is 4.79 Å². The van der Waals surface area contributed by atoms with Crippen molar-refractivity contribution in [3.8, 4) is 17.6 Å². The predicted octanol–water partition coefficient (Wildman–Crippen LogP) is 2.29. The summed E-state index contributed by atoms with van der Waals surface area (Å²) < 4.78 is 11.4. The van der Waals surface area contributed by atoms with E-state index < -0.39 is 17.8 Å². The minimum Gasteiger partial charge on any atom is -0.490 e. The molecule has 1 fully saturated rings. The van der Waals surface area contributed by atoms with E-state index >= 15 is 0 Å². The second-order valence-electron chi connectivity index (χ2n) is 5.99. The molecule has 1 saturated heterocycles. The van der Waals surface area contributed by atoms with Crippen molar-refractivity contribution in [3.63, 3.8) is 0 Å². The van der Waals surface area contributed by atoms with E-state index in [4.69, 9.17) is 9.47 Å². The smallest absolute Gasteiger partial charge is 0.328 e. The van der Waals surface area contributed by atoms with E-state index in [1.807, 2.05) is 23.6 Å². The summed E-state index contributed by atoms with van der Waals surface area (Å²) >= 11 is 0. The molecule has 3 rings (SSSR count). The molecular weight excluding hydrogens is 374 g/mol. The maximum absolute atomic E-state index is 11.9. The van der Waals surface area contributed by atoms with Gasteiger partial charge in [0.1, 0.15) is 12.2 Å². The van der Waals surface area contributed by atoms with E-state index in [2.05, 4.69) is 6.07 Å². The van der Waals surface area contributed by atoms with Gasteiger partial charge in [0, 0.05) is 5.56 Å². The Labute approximate surface area is 166 Å². The molecule has 0 spiro atoms. The molecule has 1 heterocycles. The SMILES string of the molecule is CCOc1cc(C=C2C(=O)NC(=O)NC2=O)ccc1OCc1ccccc1C#N. The Hall–Kier alpha value is -4.12. The van der Waals surface area contributed by atoms with Gasteiger partial charge in [0.05, 0.1) is 18.2 Å². The number of hydrogen-bond acceptors (Lipinski definition) is 6. The van der Waals surface area contributed by atoms with Crippen molar-refractivity contribution >= 4 is 23.9 Å². The zero-order valence-electron chi connectivity index (χ0n) is 15.5. The van der Waals surface area contributed by atoms with Gasteiger partial charge in [-0.2, -0.15) is 5.26 Å². The number of ether oxygens (including phenoxy) is 2. The topological polar surface area (TPSA) is 118 Å². The Kier molecular flexibility index (Phi) is 5.90. The first-order chi connectivity index (χ1) is 14.0. The second-order valence-corrected chi connectivity index (χ2v) is 5.99. The summed E-state index contributed by atoms with van der Waals surface area (Å²) in [5.74, 6) is -0.672. The number of nitriles is 1. The number of carbonyl (C=O) groups excluding carboxylic acids is 3. The van der Waals surface area contributed by atoms with Crippen molar-refractivity contribution in [3.05, 3.63) is 64.7 Å². The Morgan fingerprint density at radius 3 is 2.41 bits per heavy atom. The van der Waals surface area contributed by atoms with Crippen LogP contribution in [0.25, 0.3) is 6.08 Å². The molecule has 1 aliphatic heterocycles. The molecule has 29 heavy (non-hydrogen) atoms. The van der Waals surface area contributed by atoms with Gasteiger partial charge in [0.2, 0.25) is 0 Å². The summed E-state index contributed by atoms with van der Waals surface area (Å²) in [5.41, 5.74) is 1.59. The number of nitrogens with one attached hydrogen (secondary N) is 2. The molecule has 0 atom stereocenters. The summed E-state index contributed by atoms with van der Waals surface area (Å²) in [6.45, 7) is 2.37. The number of urea groups is 1. The van der Waals surface area contributed by atoms with Crippen LogP contribution in [0.5, 0.6) is 11.5 Å². The maximum atomic E-state index is 11.9. The highest BCUT2D eigenvalue weighted by Crippen LogP contribution is 2.30. The molecule has 0 saturated carbocycles. The van der Waals surface area contributed by atoms with Crippen molar-refractivity contribution < 1.29 is 23.9 Å². The molecule has 0 radical (unpaired) electrons. The van der Waals surface area contributed by atoms with Crippen LogP contribution in [0, 0.1) is 11.3 Å². The van der Waals surface area contributed by atoms with E-state index in [1.54, 1.807) is 36.4 Å². The third kappa shape index (κ3) is 4.59. The van der Waals surface area contributed by atoms with Gasteiger partial charge in [-0.05, 0) is 36.8 Å². The van der Waals surface area contributed by atoms with Crippen LogP contribution >= 0.6 is 0 Å². The fourth-order valence-electron chi connectivity index (χ4n) is 2.69. The lowest BCUT2D eigenvalue weighted by atomic mass is 10.1. The lowest BCUT2D eigenvalue weighted by molar-refractivity contribution is -0.123. The van der Waals surface area contributed by atoms with Gasteiger partial charge in [-0.1, -0.05) is 24.3 Å². The summed E-state index contributed by atoms with van der Waals surface area (Å²) in [6.07, 6.45) is 1.36. The third-order valence-corrected chi connectivity index (χ3v) is 4.04. The molecule has 8 nitrogen and oxygen atoms in total. The average molecular weight is 391 g/mol. The summed E-state index contributed by atoms with van der Waals surface area (Å²) in [7, 11) is 0. The molecular formula is C21H17N3O5. The standard InChI is InChI=1S/C21H17N3O5/c1-2-28-18-10-13(9-16-19(25)23-21(27)24-20(16)26)7-8-17(18)29-12-15-6-4-3-5-14(15)11-22/h3-10H,2,12H2,1H3,(H2,23,24,25,26,27). The fraction of sp³-hybridized carbons (Fsp3) is 0.143. The first kappa shape index (κ1) is 19.6. The molecule has 1 aliphatic rings. The van der Waals surface area contributed by atoms with E-state index in [9.17, 15) is 19.6 Å². The van der Waals surface area contributed by atoms with Gasteiger partial charge in [0.15, 0.2) is 11.5 Å². The Balaban J connectivity index is 1.84. The van der Waals surface area contributed by atoms with Crippen molar-refractivity contribution in [2.75, 3.05) is 6.61 Å². The minimum atomic E-state index is -0.853. The van der Waals surface area contributed by atoms with E-state index in [1.165, 1.54) is 6.08 Å². The first-order valence-electron chi connectivity index (χ1n) is 8.77. The monoisotopic (exact) mass is 391 g/mol. The predicted molar refractivity (Wildman–Crippen MR) is 103 cm³/mol. The minimum absolute atomic E-state index is 0.178. The van der Waals surface area contributed by atoms with Crippen LogP contribution in [-0.2, 0) is 16.2 Å². The fourth-order valence-corrected chi connectivity index (χ4v) is 2.69. The number of amides is 4. The van der Waals surface area contributed by atoms with Crippen molar-refractivity contribution in [2.24, 2.45) is 0 Å². The van der Waals surface area contributed by atoms with Crippen LogP contribution < -0.4 is 20.1 Å². The highest BCUT2D eigenvalue weighted by Gasteiger charge is 2.27. The maximum Gasteiger partial charge on any atom is 0.328 e. The lowest BCUT2D eigenvalue weighted by Gasteiger charge is -2.15. The summed E-state index contributed by atoms with van der Waals surface area (Å²) in [5, 5.41) is 13.2. The Morgan fingerprint density at radius 2 is 1.72 bits per heavy atom. The van der Waals surface area contributed by atoms with Gasteiger partial charge in [0.25, 0.3) is 11.8 Å². The summed E-state index contributed by atoms with van der Waals surface area (Å²) in [6, 6.07) is 13.3. The van der Waals surface area contributed by atoms with Crippen molar-refractivity contribution in [2.45, 2.75) is 13.5 Å². The van der Waals surface area contributed by atoms with Gasteiger partial charge in [-0.3, -0.25) is 20.2 Å². The molecule has 0 unspecified atom stereocenters. The quantitative estimate of drug-likeness (QED) is 0.576. The number of hydrogen-bond donors (Lipinski definition) is 2. The van der Waals surface area contributed by atoms with Crippen LogP contribution in [-0.4, -0.2) is 24.5 Å². The highest BCUT2D eigenvalue weighted by atomic mass is 16.5. The highest BCUT2D eigenvalue weighted by molar-refractivity contribution is 6.31. The van der Waals surface area contributed by atoms with Crippen molar-refractivity contribution in [1.82, 2.24) is 10.6 Å². The average Bonchev–Trinajstić information content (AvgIpc) is 2.70. The Morgan fingerprint density at radius 1 is 1.00 bits per heavy atom. The number of carbonyl (C=O) groups is 3. The molecule has 2 aromatic carbocycles. The van der Waals surface area contributed by atoms with Gasteiger partial charge < -0.3 is 9.47 Å². The van der Waals surface area contributed by atoms with E-state index in [-0.39, 0.29) is 12.2 Å². The molecule has 146 valence electrons. The zero-order chi connectivity index (χ0) is 20.8. The largest absolute Gasteiger partial charge is 0.490 e. The number of benzene rings is 2. The van der Waals surface area contributed by atoms with Crippen LogP contribution in [0.3, 0.4) is 0 Å². The zero-order valence-corrected chi connectivity index (χ0v) is 15.5. The van der Waals surface area contributed by atoms with Crippen LogP contribution in [0.2, 0.25) is 0 Å². The van der Waals surface area contributed by atoms with Crippen LogP contribution in [0.1, 0.15) is 23.6 Å². The third-order valence-electron chi connectivity index (χ3n) is 4.04. The summed E-state index contributed by atoms with van der Waals surface area (Å²) in [4.78, 5) is 34.9. The number of barbiturate groups is 1. The second kappa shape index (κ2) is 8.71. The molecule has 0 aliphatic carbocycles. The van der Waals surface area contributed by atoms with Gasteiger partial charge >= 0.3 is 6.03 Å². The molecule has 2 N–H and O–H groups in total. The Bertz CT molecular complexity index is 1030. The molecule has 2 aromatic rings. The molecule has 0 aromatic heterocycles. The number of rotatable bonds is 6. The van der Waals surface area contributed by atoms with Crippen LogP contribution in [0.15, 0.2) is 48.0 Å². The molecule has 8 heteroatoms. The lowest BCUT2D eigenvalue weighted by Crippen LogP contribution is -2.51. The van der Waals surface area contributed by atoms with E-state index in [0.717, 1.165) is 5.56 Å². The van der Waals surface area contributed by atoms with E-state index in [0.29, 0.717) is 29.2 Å². The molecule has 0 bridgehead atoms. The van der Waals surface area contributed by atoms with Gasteiger partial charge in [-0.15, -0.1) is 0 Å². The normalized spacial score (nSPS) is 13.2. The number of imide groups is 2. The molecule has 4 amide bonds.